The van der Waals surface area contributed by atoms with Crippen LogP contribution < -0.4 is 5.32 Å². The highest BCUT2D eigenvalue weighted by Crippen LogP contribution is 2.09. The Morgan fingerprint density at radius 3 is 3.06 bits per heavy atom. The number of aliphatic hydroxyl groups is 1. The van der Waals surface area contributed by atoms with Crippen molar-refractivity contribution < 1.29 is 9.90 Å². The molecule has 1 aliphatic heterocycles. The molecule has 5 nitrogen and oxygen atoms in total. The van der Waals surface area contributed by atoms with Crippen LogP contribution in [0.15, 0.2) is 24.4 Å². The highest BCUT2D eigenvalue weighted by atomic mass is 16.3. The number of aliphatic hydroxyl groups excluding tert-OH is 1. The zero-order chi connectivity index (χ0) is 12.3. The van der Waals surface area contributed by atoms with Crippen molar-refractivity contribution in [2.75, 3.05) is 13.2 Å². The van der Waals surface area contributed by atoms with Gasteiger partial charge in [-0.25, -0.2) is 0 Å². The van der Waals surface area contributed by atoms with Crippen LogP contribution in [-0.2, 0) is 11.3 Å². The summed E-state index contributed by atoms with van der Waals surface area (Å²) in [5.41, 5.74) is 0.867. The van der Waals surface area contributed by atoms with E-state index in [1.807, 2.05) is 25.1 Å². The Kier molecular flexibility index (Phi) is 3.71. The number of pyridine rings is 1. The normalized spacial score (nSPS) is 25.1. The molecule has 5 heteroatoms. The number of carbonyl (C=O) groups excluding carboxylic acids is 1. The van der Waals surface area contributed by atoms with Gasteiger partial charge in [0.2, 0.25) is 5.91 Å². The van der Waals surface area contributed by atoms with Crippen LogP contribution in [0.25, 0.3) is 0 Å². The van der Waals surface area contributed by atoms with Gasteiger partial charge in [0.15, 0.2) is 0 Å². The van der Waals surface area contributed by atoms with Crippen molar-refractivity contribution in [3.63, 3.8) is 0 Å². The van der Waals surface area contributed by atoms with Crippen LogP contribution in [0.5, 0.6) is 0 Å². The van der Waals surface area contributed by atoms with E-state index in [0.29, 0.717) is 13.1 Å². The number of hydrogen-bond acceptors (Lipinski definition) is 4. The number of rotatable bonds is 3. The van der Waals surface area contributed by atoms with Gasteiger partial charge in [-0.3, -0.25) is 15.1 Å². The monoisotopic (exact) mass is 235 g/mol. The topological polar surface area (TPSA) is 65.5 Å². The molecule has 0 radical (unpaired) electrons. The molecule has 1 aromatic heterocycles. The molecule has 1 aromatic rings. The van der Waals surface area contributed by atoms with Gasteiger partial charge in [0, 0.05) is 18.8 Å². The Bertz CT molecular complexity index is 383. The molecule has 92 valence electrons. The molecule has 17 heavy (non-hydrogen) atoms. The fourth-order valence-corrected chi connectivity index (χ4v) is 2.07. The first-order valence-electron chi connectivity index (χ1n) is 5.76. The van der Waals surface area contributed by atoms with Gasteiger partial charge < -0.3 is 10.0 Å². The summed E-state index contributed by atoms with van der Waals surface area (Å²) in [5.74, 6) is -0.0590. The van der Waals surface area contributed by atoms with Crippen molar-refractivity contribution >= 4 is 5.91 Å². The summed E-state index contributed by atoms with van der Waals surface area (Å²) in [6, 6.07) is 5.36. The van der Waals surface area contributed by atoms with E-state index in [9.17, 15) is 4.79 Å². The third-order valence-corrected chi connectivity index (χ3v) is 2.85. The second kappa shape index (κ2) is 5.25. The molecule has 1 fully saturated rings. The first-order valence-corrected chi connectivity index (χ1v) is 5.76. The van der Waals surface area contributed by atoms with E-state index in [2.05, 4.69) is 10.3 Å². The Labute approximate surface area is 100 Å². The lowest BCUT2D eigenvalue weighted by Gasteiger charge is -2.36. The summed E-state index contributed by atoms with van der Waals surface area (Å²) in [5, 5.41) is 12.2. The summed E-state index contributed by atoms with van der Waals surface area (Å²) < 4.78 is 0. The van der Waals surface area contributed by atoms with E-state index in [1.54, 1.807) is 11.1 Å². The first-order chi connectivity index (χ1) is 8.20. The molecular formula is C12H17N3O2. The summed E-state index contributed by atoms with van der Waals surface area (Å²) in [6.45, 7) is 2.98. The molecule has 0 bridgehead atoms. The summed E-state index contributed by atoms with van der Waals surface area (Å²) in [4.78, 5) is 17.9. The number of aromatic nitrogens is 1. The van der Waals surface area contributed by atoms with Crippen molar-refractivity contribution in [1.29, 1.82) is 0 Å². The van der Waals surface area contributed by atoms with Crippen LogP contribution in [0.1, 0.15) is 12.6 Å². The fourth-order valence-electron chi connectivity index (χ4n) is 2.07. The van der Waals surface area contributed by atoms with Crippen LogP contribution in [0.2, 0.25) is 0 Å². The largest absolute Gasteiger partial charge is 0.394 e. The van der Waals surface area contributed by atoms with Crippen molar-refractivity contribution in [3.8, 4) is 0 Å². The predicted octanol–water partition coefficient (Wildman–Crippen LogP) is -0.237. The van der Waals surface area contributed by atoms with Crippen molar-refractivity contribution in [3.05, 3.63) is 30.1 Å². The van der Waals surface area contributed by atoms with Gasteiger partial charge in [0.25, 0.3) is 0 Å². The molecule has 2 rings (SSSR count). The standard InChI is InChI=1S/C12H17N3O2/c1-9-6-15(12(17)11(8-16)14-9)7-10-4-2-3-5-13-10/h2-5,9,11,14,16H,6-8H2,1H3. The molecule has 1 amide bonds. The molecular weight excluding hydrogens is 218 g/mol. The van der Waals surface area contributed by atoms with Crippen LogP contribution >= 0.6 is 0 Å². The quantitative estimate of drug-likeness (QED) is 0.759. The van der Waals surface area contributed by atoms with Crippen LogP contribution in [0.4, 0.5) is 0 Å². The minimum atomic E-state index is -0.484. The maximum absolute atomic E-state index is 12.0. The second-order valence-electron chi connectivity index (χ2n) is 4.34. The average molecular weight is 235 g/mol. The van der Waals surface area contributed by atoms with Gasteiger partial charge in [-0.15, -0.1) is 0 Å². The minimum Gasteiger partial charge on any atom is -0.394 e. The molecule has 2 N–H and O–H groups in total. The second-order valence-corrected chi connectivity index (χ2v) is 4.34. The van der Waals surface area contributed by atoms with Gasteiger partial charge in [-0.05, 0) is 19.1 Å². The van der Waals surface area contributed by atoms with Gasteiger partial charge in [0.05, 0.1) is 18.8 Å². The van der Waals surface area contributed by atoms with E-state index in [4.69, 9.17) is 5.11 Å². The number of amides is 1. The molecule has 0 saturated carbocycles. The fraction of sp³-hybridized carbons (Fsp3) is 0.500. The van der Waals surface area contributed by atoms with Gasteiger partial charge in [-0.2, -0.15) is 0 Å². The highest BCUT2D eigenvalue weighted by Gasteiger charge is 2.31. The molecule has 2 unspecified atom stereocenters. The zero-order valence-electron chi connectivity index (χ0n) is 9.84. The van der Waals surface area contributed by atoms with Gasteiger partial charge in [0.1, 0.15) is 6.04 Å². The third-order valence-electron chi connectivity index (χ3n) is 2.85. The summed E-state index contributed by atoms with van der Waals surface area (Å²) in [7, 11) is 0. The van der Waals surface area contributed by atoms with E-state index >= 15 is 0 Å². The van der Waals surface area contributed by atoms with E-state index in [1.165, 1.54) is 0 Å². The predicted molar refractivity (Wildman–Crippen MR) is 63.1 cm³/mol. The van der Waals surface area contributed by atoms with E-state index in [0.717, 1.165) is 5.69 Å². The SMILES string of the molecule is CC1CN(Cc2ccccn2)C(=O)C(CO)N1. The number of piperazine rings is 1. The van der Waals surface area contributed by atoms with Crippen molar-refractivity contribution in [2.24, 2.45) is 0 Å². The van der Waals surface area contributed by atoms with E-state index in [-0.39, 0.29) is 18.6 Å². The highest BCUT2D eigenvalue weighted by molar-refractivity contribution is 5.82. The maximum Gasteiger partial charge on any atom is 0.242 e. The lowest BCUT2D eigenvalue weighted by Crippen LogP contribution is -2.60. The molecule has 0 aromatic carbocycles. The van der Waals surface area contributed by atoms with Crippen LogP contribution in [0.3, 0.4) is 0 Å². The number of nitrogens with one attached hydrogen (secondary N) is 1. The Morgan fingerprint density at radius 1 is 1.59 bits per heavy atom. The number of carbonyl (C=O) groups is 1. The third kappa shape index (κ3) is 2.81. The maximum atomic E-state index is 12.0. The Balaban J connectivity index is 2.07. The molecule has 1 aliphatic rings. The lowest BCUT2D eigenvalue weighted by atomic mass is 10.1. The summed E-state index contributed by atoms with van der Waals surface area (Å²) >= 11 is 0. The smallest absolute Gasteiger partial charge is 0.242 e. The molecule has 0 aliphatic carbocycles. The Morgan fingerprint density at radius 2 is 2.41 bits per heavy atom. The molecule has 2 atom stereocenters. The van der Waals surface area contributed by atoms with Crippen LogP contribution in [0, 0.1) is 0 Å². The minimum absolute atomic E-state index is 0.0590. The zero-order valence-corrected chi connectivity index (χ0v) is 9.84. The first kappa shape index (κ1) is 12.0. The van der Waals surface area contributed by atoms with E-state index < -0.39 is 6.04 Å². The van der Waals surface area contributed by atoms with Crippen LogP contribution in [-0.4, -0.2) is 46.1 Å². The Hall–Kier alpha value is -1.46. The van der Waals surface area contributed by atoms with Crippen molar-refractivity contribution in [2.45, 2.75) is 25.6 Å². The average Bonchev–Trinajstić information content (AvgIpc) is 2.34. The van der Waals surface area contributed by atoms with Crippen molar-refractivity contribution in [1.82, 2.24) is 15.2 Å². The lowest BCUT2D eigenvalue weighted by molar-refractivity contribution is -0.138. The van der Waals surface area contributed by atoms with Gasteiger partial charge in [-0.1, -0.05) is 6.07 Å². The molecule has 0 spiro atoms. The van der Waals surface area contributed by atoms with Gasteiger partial charge >= 0.3 is 0 Å². The number of hydrogen-bond donors (Lipinski definition) is 2. The molecule has 1 saturated heterocycles. The number of nitrogens with zero attached hydrogens (tertiary/aromatic N) is 2. The molecule has 2 heterocycles. The summed E-state index contributed by atoms with van der Waals surface area (Å²) in [6.07, 6.45) is 1.72.